The van der Waals surface area contributed by atoms with Gasteiger partial charge in [-0.15, -0.1) is 11.8 Å². The minimum Gasteiger partial charge on any atom is -0.376 e. The van der Waals surface area contributed by atoms with Crippen LogP contribution in [0.1, 0.15) is 5.56 Å². The molecular weight excluding hydrogens is 154 g/mol. The molecule has 60 valence electrons. The molecule has 0 amide bonds. The first-order valence-electron chi connectivity index (χ1n) is 3.62. The van der Waals surface area contributed by atoms with Gasteiger partial charge in [0.1, 0.15) is 0 Å². The summed E-state index contributed by atoms with van der Waals surface area (Å²) in [6.45, 7) is 2.10. The van der Waals surface area contributed by atoms with Crippen molar-refractivity contribution in [1.29, 1.82) is 0 Å². The van der Waals surface area contributed by atoms with Gasteiger partial charge in [-0.3, -0.25) is 0 Å². The van der Waals surface area contributed by atoms with Crippen molar-refractivity contribution in [2.75, 3.05) is 17.4 Å². The maximum atomic E-state index is 3.30. The van der Waals surface area contributed by atoms with Gasteiger partial charge in [0, 0.05) is 5.69 Å². The fraction of sp³-hybridized carbons (Fsp3) is 0.333. The maximum Gasteiger partial charge on any atom is 0.0608 e. The number of aryl methyl sites for hydroxylation is 1. The summed E-state index contributed by atoms with van der Waals surface area (Å²) in [5, 5.41) is 3.30. The molecule has 0 aliphatic rings. The number of benzene rings is 1. The Morgan fingerprint density at radius 1 is 1.45 bits per heavy atom. The van der Waals surface area contributed by atoms with E-state index in [1.54, 1.807) is 11.8 Å². The van der Waals surface area contributed by atoms with Crippen molar-refractivity contribution in [1.82, 2.24) is 0 Å². The third kappa shape index (κ3) is 2.85. The summed E-state index contributed by atoms with van der Waals surface area (Å²) >= 11 is 1.79. The number of anilines is 1. The Labute approximate surface area is 72.2 Å². The molecule has 0 saturated carbocycles. The van der Waals surface area contributed by atoms with Crippen LogP contribution in [0.3, 0.4) is 0 Å². The van der Waals surface area contributed by atoms with Crippen molar-refractivity contribution in [3.05, 3.63) is 29.8 Å². The van der Waals surface area contributed by atoms with Crippen molar-refractivity contribution in [3.8, 4) is 0 Å². The van der Waals surface area contributed by atoms with E-state index < -0.39 is 0 Å². The van der Waals surface area contributed by atoms with Gasteiger partial charge < -0.3 is 5.32 Å². The average molecular weight is 167 g/mol. The van der Waals surface area contributed by atoms with Crippen molar-refractivity contribution >= 4 is 17.4 Å². The van der Waals surface area contributed by atoms with Gasteiger partial charge in [-0.1, -0.05) is 12.1 Å². The third-order valence-corrected chi connectivity index (χ3v) is 1.87. The Morgan fingerprint density at radius 3 is 2.91 bits per heavy atom. The van der Waals surface area contributed by atoms with Crippen molar-refractivity contribution in [3.63, 3.8) is 0 Å². The van der Waals surface area contributed by atoms with Crippen molar-refractivity contribution < 1.29 is 0 Å². The predicted molar refractivity (Wildman–Crippen MR) is 53.2 cm³/mol. The van der Waals surface area contributed by atoms with Gasteiger partial charge in [0.2, 0.25) is 0 Å². The monoisotopic (exact) mass is 167 g/mol. The highest BCUT2D eigenvalue weighted by Crippen LogP contribution is 2.09. The molecule has 0 aliphatic carbocycles. The zero-order valence-corrected chi connectivity index (χ0v) is 7.74. The Bertz CT molecular complexity index is 223. The van der Waals surface area contributed by atoms with Gasteiger partial charge in [-0.2, -0.15) is 0 Å². The molecule has 0 fully saturated rings. The van der Waals surface area contributed by atoms with Gasteiger partial charge in [0.15, 0.2) is 0 Å². The number of nitrogens with one attached hydrogen (secondary N) is 1. The number of rotatable bonds is 3. The molecule has 1 aromatic rings. The average Bonchev–Trinajstić information content (AvgIpc) is 2.01. The summed E-state index contributed by atoms with van der Waals surface area (Å²) in [7, 11) is 0. The highest BCUT2D eigenvalue weighted by molar-refractivity contribution is 7.98. The number of hydrogen-bond acceptors (Lipinski definition) is 2. The standard InChI is InChI=1S/C9H13NS/c1-8-4-3-5-9(6-8)10-7-11-2/h3-6,10H,7H2,1-2H3. The molecule has 0 aliphatic heterocycles. The molecule has 0 unspecified atom stereocenters. The lowest BCUT2D eigenvalue weighted by atomic mass is 10.2. The minimum absolute atomic E-state index is 0.976. The SMILES string of the molecule is CSCNc1cccc(C)c1. The smallest absolute Gasteiger partial charge is 0.0608 e. The molecule has 0 heterocycles. The van der Waals surface area contributed by atoms with Crippen LogP contribution < -0.4 is 5.32 Å². The predicted octanol–water partition coefficient (Wildman–Crippen LogP) is 2.73. The van der Waals surface area contributed by atoms with Crippen molar-refractivity contribution in [2.24, 2.45) is 0 Å². The summed E-state index contributed by atoms with van der Waals surface area (Å²) in [5.74, 6) is 0.976. The maximum absolute atomic E-state index is 3.30. The lowest BCUT2D eigenvalue weighted by molar-refractivity contribution is 1.41. The van der Waals surface area contributed by atoms with Crippen LogP contribution in [-0.4, -0.2) is 12.1 Å². The van der Waals surface area contributed by atoms with E-state index in [4.69, 9.17) is 0 Å². The topological polar surface area (TPSA) is 12.0 Å². The summed E-state index contributed by atoms with van der Waals surface area (Å²) in [5.41, 5.74) is 2.51. The van der Waals surface area contributed by atoms with E-state index in [1.807, 2.05) is 0 Å². The fourth-order valence-corrected chi connectivity index (χ4v) is 1.22. The minimum atomic E-state index is 0.976. The molecule has 0 atom stereocenters. The van der Waals surface area contributed by atoms with Crippen LogP contribution in [0.4, 0.5) is 5.69 Å². The molecule has 0 bridgehead atoms. The number of hydrogen-bond donors (Lipinski definition) is 1. The van der Waals surface area contributed by atoms with Crippen LogP contribution in [0.15, 0.2) is 24.3 Å². The second kappa shape index (κ2) is 4.29. The Balaban J connectivity index is 2.56. The van der Waals surface area contributed by atoms with E-state index in [1.165, 1.54) is 11.3 Å². The highest BCUT2D eigenvalue weighted by atomic mass is 32.2. The first kappa shape index (κ1) is 8.47. The highest BCUT2D eigenvalue weighted by Gasteiger charge is 1.88. The van der Waals surface area contributed by atoms with E-state index in [0.29, 0.717) is 0 Å². The molecule has 1 N–H and O–H groups in total. The van der Waals surface area contributed by atoms with Crippen LogP contribution in [0, 0.1) is 6.92 Å². The van der Waals surface area contributed by atoms with Gasteiger partial charge in [-0.05, 0) is 30.9 Å². The Morgan fingerprint density at radius 2 is 2.27 bits per heavy atom. The summed E-state index contributed by atoms with van der Waals surface area (Å²) in [6, 6.07) is 8.40. The second-order valence-electron chi connectivity index (χ2n) is 2.48. The molecule has 1 rings (SSSR count). The van der Waals surface area contributed by atoms with E-state index in [9.17, 15) is 0 Å². The zero-order chi connectivity index (χ0) is 8.10. The molecule has 0 spiro atoms. The molecule has 0 saturated heterocycles. The zero-order valence-electron chi connectivity index (χ0n) is 6.92. The quantitative estimate of drug-likeness (QED) is 0.695. The molecule has 1 nitrogen and oxygen atoms in total. The lowest BCUT2D eigenvalue weighted by Gasteiger charge is -2.03. The van der Waals surface area contributed by atoms with Gasteiger partial charge >= 0.3 is 0 Å². The van der Waals surface area contributed by atoms with Crippen LogP contribution in [-0.2, 0) is 0 Å². The number of thioether (sulfide) groups is 1. The molecule has 2 heteroatoms. The Kier molecular flexibility index (Phi) is 3.30. The largest absolute Gasteiger partial charge is 0.376 e. The molecule has 1 aromatic carbocycles. The summed E-state index contributed by atoms with van der Waals surface area (Å²) in [4.78, 5) is 0. The van der Waals surface area contributed by atoms with Gasteiger partial charge in [-0.25, -0.2) is 0 Å². The molecule has 0 radical (unpaired) electrons. The van der Waals surface area contributed by atoms with Crippen LogP contribution in [0.2, 0.25) is 0 Å². The normalized spacial score (nSPS) is 9.64. The molecule has 0 aromatic heterocycles. The first-order chi connectivity index (χ1) is 5.33. The Hall–Kier alpha value is -0.630. The summed E-state index contributed by atoms with van der Waals surface area (Å²) in [6.07, 6.45) is 2.09. The van der Waals surface area contributed by atoms with E-state index in [-0.39, 0.29) is 0 Å². The molecule has 11 heavy (non-hydrogen) atoms. The van der Waals surface area contributed by atoms with E-state index in [0.717, 1.165) is 5.88 Å². The van der Waals surface area contributed by atoms with Crippen LogP contribution in [0.25, 0.3) is 0 Å². The second-order valence-corrected chi connectivity index (χ2v) is 3.35. The third-order valence-electron chi connectivity index (χ3n) is 1.44. The van der Waals surface area contributed by atoms with Crippen LogP contribution in [0.5, 0.6) is 0 Å². The lowest BCUT2D eigenvalue weighted by Crippen LogP contribution is -1.95. The molecular formula is C9H13NS. The van der Waals surface area contributed by atoms with Crippen molar-refractivity contribution in [2.45, 2.75) is 6.92 Å². The fourth-order valence-electron chi connectivity index (χ4n) is 0.911. The summed E-state index contributed by atoms with van der Waals surface area (Å²) < 4.78 is 0. The van der Waals surface area contributed by atoms with Crippen LogP contribution >= 0.6 is 11.8 Å². The van der Waals surface area contributed by atoms with E-state index >= 15 is 0 Å². The first-order valence-corrected chi connectivity index (χ1v) is 5.02. The van der Waals surface area contributed by atoms with Gasteiger partial charge in [0.05, 0.1) is 5.88 Å². The van der Waals surface area contributed by atoms with Gasteiger partial charge in [0.25, 0.3) is 0 Å². The van der Waals surface area contributed by atoms with E-state index in [2.05, 4.69) is 42.8 Å².